The predicted octanol–water partition coefficient (Wildman–Crippen LogP) is 6.87. The number of nitrogens with zero attached hydrogens (tertiary/aromatic N) is 2. The molecule has 0 spiro atoms. The summed E-state index contributed by atoms with van der Waals surface area (Å²) in [7, 11) is 1.71. The smallest absolute Gasteiger partial charge is 0.213 e. The molecule has 0 radical (unpaired) electrons. The standard InChI is InChI=1S/C32H39N3O2/c1-5-35(6-2)19-10-20-37-32-18-16-27(23-34-32)30-21-25(15-17-31(30)36-4)22-33-24(3)28-14-9-12-26-11-7-8-13-29(26)28/h7-9,11-18,21,23-24,33H,5-6,10,19-20,22H2,1-4H3. The summed E-state index contributed by atoms with van der Waals surface area (Å²) >= 11 is 0. The van der Waals surface area contributed by atoms with Crippen molar-refractivity contribution in [3.8, 4) is 22.8 Å². The lowest BCUT2D eigenvalue weighted by Crippen LogP contribution is -2.25. The van der Waals surface area contributed by atoms with E-state index in [0.717, 1.165) is 49.5 Å². The molecule has 1 N–H and O–H groups in total. The third-order valence-corrected chi connectivity index (χ3v) is 6.98. The monoisotopic (exact) mass is 497 g/mol. The van der Waals surface area contributed by atoms with Gasteiger partial charge in [0, 0.05) is 42.5 Å². The lowest BCUT2D eigenvalue weighted by atomic mass is 9.99. The molecule has 0 amide bonds. The van der Waals surface area contributed by atoms with E-state index in [4.69, 9.17) is 9.47 Å². The van der Waals surface area contributed by atoms with E-state index < -0.39 is 0 Å². The van der Waals surface area contributed by atoms with Gasteiger partial charge >= 0.3 is 0 Å². The van der Waals surface area contributed by atoms with E-state index in [1.54, 1.807) is 7.11 Å². The Morgan fingerprint density at radius 2 is 1.76 bits per heavy atom. The summed E-state index contributed by atoms with van der Waals surface area (Å²) in [5.41, 5.74) is 4.54. The van der Waals surface area contributed by atoms with Gasteiger partial charge in [0.05, 0.1) is 13.7 Å². The van der Waals surface area contributed by atoms with Crippen LogP contribution in [-0.2, 0) is 6.54 Å². The first-order valence-electron chi connectivity index (χ1n) is 13.3. The summed E-state index contributed by atoms with van der Waals surface area (Å²) in [5.74, 6) is 1.49. The molecule has 0 saturated carbocycles. The number of pyridine rings is 1. The number of benzene rings is 3. The van der Waals surface area contributed by atoms with Gasteiger partial charge in [-0.05, 0) is 66.5 Å². The summed E-state index contributed by atoms with van der Waals surface area (Å²) in [6.07, 6.45) is 2.86. The molecule has 0 bridgehead atoms. The van der Waals surface area contributed by atoms with Gasteiger partial charge in [-0.1, -0.05) is 62.4 Å². The molecule has 4 aromatic rings. The highest BCUT2D eigenvalue weighted by Crippen LogP contribution is 2.32. The molecular formula is C32H39N3O2. The van der Waals surface area contributed by atoms with Crippen molar-refractivity contribution in [3.63, 3.8) is 0 Å². The van der Waals surface area contributed by atoms with Gasteiger partial charge in [0.15, 0.2) is 0 Å². The van der Waals surface area contributed by atoms with Crippen molar-refractivity contribution in [2.75, 3.05) is 33.4 Å². The zero-order valence-electron chi connectivity index (χ0n) is 22.5. The van der Waals surface area contributed by atoms with Gasteiger partial charge in [-0.3, -0.25) is 0 Å². The fourth-order valence-electron chi connectivity index (χ4n) is 4.73. The molecule has 0 aliphatic carbocycles. The summed E-state index contributed by atoms with van der Waals surface area (Å²) in [6.45, 7) is 11.2. The van der Waals surface area contributed by atoms with Gasteiger partial charge < -0.3 is 19.7 Å². The molecule has 1 aromatic heterocycles. The molecule has 0 aliphatic heterocycles. The number of methoxy groups -OCH3 is 1. The second-order valence-electron chi connectivity index (χ2n) is 9.32. The third kappa shape index (κ3) is 6.88. The Morgan fingerprint density at radius 3 is 2.51 bits per heavy atom. The van der Waals surface area contributed by atoms with E-state index in [1.165, 1.54) is 21.9 Å². The fraction of sp³-hybridized carbons (Fsp3) is 0.344. The molecule has 1 unspecified atom stereocenters. The van der Waals surface area contributed by atoms with Gasteiger partial charge in [-0.2, -0.15) is 0 Å². The molecule has 1 atom stereocenters. The van der Waals surface area contributed by atoms with Crippen LogP contribution >= 0.6 is 0 Å². The zero-order chi connectivity index (χ0) is 26.0. The molecule has 0 saturated heterocycles. The number of nitrogens with one attached hydrogen (secondary N) is 1. The first-order chi connectivity index (χ1) is 18.1. The van der Waals surface area contributed by atoms with Crippen LogP contribution in [0.15, 0.2) is 79.0 Å². The van der Waals surface area contributed by atoms with Crippen LogP contribution in [0.5, 0.6) is 11.6 Å². The van der Waals surface area contributed by atoms with Crippen LogP contribution in [-0.4, -0.2) is 43.2 Å². The van der Waals surface area contributed by atoms with Crippen molar-refractivity contribution in [1.82, 2.24) is 15.2 Å². The minimum absolute atomic E-state index is 0.219. The average molecular weight is 498 g/mol. The van der Waals surface area contributed by atoms with E-state index in [9.17, 15) is 0 Å². The molecule has 4 rings (SSSR count). The number of aromatic nitrogens is 1. The van der Waals surface area contributed by atoms with Crippen LogP contribution in [0.4, 0.5) is 0 Å². The number of rotatable bonds is 13. The van der Waals surface area contributed by atoms with E-state index in [0.29, 0.717) is 12.5 Å². The zero-order valence-corrected chi connectivity index (χ0v) is 22.5. The Kier molecular flexibility index (Phi) is 9.52. The number of fused-ring (bicyclic) bond motifs is 1. The number of hydrogen-bond donors (Lipinski definition) is 1. The molecular weight excluding hydrogens is 458 g/mol. The van der Waals surface area contributed by atoms with Gasteiger partial charge in [-0.15, -0.1) is 0 Å². The van der Waals surface area contributed by atoms with E-state index in [2.05, 4.69) is 96.6 Å². The summed E-state index contributed by atoms with van der Waals surface area (Å²) in [4.78, 5) is 6.95. The first-order valence-corrected chi connectivity index (χ1v) is 13.3. The second-order valence-corrected chi connectivity index (χ2v) is 9.32. The molecule has 5 nitrogen and oxygen atoms in total. The lowest BCUT2D eigenvalue weighted by molar-refractivity contribution is 0.244. The Bertz CT molecular complexity index is 1260. The highest BCUT2D eigenvalue weighted by Gasteiger charge is 2.12. The van der Waals surface area contributed by atoms with Crippen molar-refractivity contribution >= 4 is 10.8 Å². The largest absolute Gasteiger partial charge is 0.496 e. The second kappa shape index (κ2) is 13.2. The van der Waals surface area contributed by atoms with Crippen molar-refractivity contribution in [2.24, 2.45) is 0 Å². The Labute approximate surface area is 221 Å². The first kappa shape index (κ1) is 26.6. The van der Waals surface area contributed by atoms with Crippen LogP contribution in [0.2, 0.25) is 0 Å². The van der Waals surface area contributed by atoms with Gasteiger partial charge in [0.2, 0.25) is 5.88 Å². The summed E-state index contributed by atoms with van der Waals surface area (Å²) in [6, 6.07) is 25.6. The molecule has 1 heterocycles. The minimum atomic E-state index is 0.219. The minimum Gasteiger partial charge on any atom is -0.496 e. The maximum absolute atomic E-state index is 5.88. The van der Waals surface area contributed by atoms with Gasteiger partial charge in [0.25, 0.3) is 0 Å². The van der Waals surface area contributed by atoms with Gasteiger partial charge in [0.1, 0.15) is 5.75 Å². The van der Waals surface area contributed by atoms with Crippen LogP contribution in [0.25, 0.3) is 21.9 Å². The maximum Gasteiger partial charge on any atom is 0.213 e. The van der Waals surface area contributed by atoms with E-state index in [1.807, 2.05) is 18.3 Å². The van der Waals surface area contributed by atoms with Crippen LogP contribution in [0.3, 0.4) is 0 Å². The van der Waals surface area contributed by atoms with E-state index in [-0.39, 0.29) is 6.04 Å². The molecule has 37 heavy (non-hydrogen) atoms. The van der Waals surface area contributed by atoms with Crippen molar-refractivity contribution in [2.45, 2.75) is 39.8 Å². The lowest BCUT2D eigenvalue weighted by Gasteiger charge is -2.18. The summed E-state index contributed by atoms with van der Waals surface area (Å²) in [5, 5.41) is 6.26. The van der Waals surface area contributed by atoms with Crippen LogP contribution in [0.1, 0.15) is 44.4 Å². The highest BCUT2D eigenvalue weighted by molar-refractivity contribution is 5.86. The molecule has 194 valence electrons. The Hall–Kier alpha value is -3.41. The topological polar surface area (TPSA) is 46.6 Å². The van der Waals surface area contributed by atoms with Gasteiger partial charge in [-0.25, -0.2) is 4.98 Å². The molecule has 0 aliphatic rings. The number of ether oxygens (including phenoxy) is 2. The molecule has 5 heteroatoms. The Balaban J connectivity index is 1.41. The molecule has 3 aromatic carbocycles. The summed E-state index contributed by atoms with van der Waals surface area (Å²) < 4.78 is 11.5. The molecule has 0 fully saturated rings. The average Bonchev–Trinajstić information content (AvgIpc) is 2.96. The van der Waals surface area contributed by atoms with Crippen LogP contribution in [0, 0.1) is 0 Å². The number of hydrogen-bond acceptors (Lipinski definition) is 5. The Morgan fingerprint density at radius 1 is 0.946 bits per heavy atom. The van der Waals surface area contributed by atoms with E-state index >= 15 is 0 Å². The SMILES string of the molecule is CCN(CC)CCCOc1ccc(-c2cc(CNC(C)c3cccc4ccccc34)ccc2OC)cn1. The fourth-order valence-corrected chi connectivity index (χ4v) is 4.73. The van der Waals surface area contributed by atoms with Crippen molar-refractivity contribution in [3.05, 3.63) is 90.1 Å². The van der Waals surface area contributed by atoms with Crippen LogP contribution < -0.4 is 14.8 Å². The highest BCUT2D eigenvalue weighted by atomic mass is 16.5. The van der Waals surface area contributed by atoms with Crippen molar-refractivity contribution < 1.29 is 9.47 Å². The third-order valence-electron chi connectivity index (χ3n) is 6.98. The predicted molar refractivity (Wildman–Crippen MR) is 153 cm³/mol. The maximum atomic E-state index is 5.88. The normalized spacial score (nSPS) is 12.1. The quantitative estimate of drug-likeness (QED) is 0.204. The van der Waals surface area contributed by atoms with Crippen molar-refractivity contribution in [1.29, 1.82) is 0 Å².